The smallest absolute Gasteiger partial charge is 0.266 e. The fourth-order valence-electron chi connectivity index (χ4n) is 3.16. The van der Waals surface area contributed by atoms with E-state index >= 15 is 0 Å². The first kappa shape index (κ1) is 17.2. The summed E-state index contributed by atoms with van der Waals surface area (Å²) in [5.41, 5.74) is 2.71. The number of amides is 1. The Bertz CT molecular complexity index is 844. The summed E-state index contributed by atoms with van der Waals surface area (Å²) in [5.74, 6) is 0.998. The van der Waals surface area contributed by atoms with E-state index in [4.69, 9.17) is 4.74 Å². The molecule has 0 spiro atoms. The van der Waals surface area contributed by atoms with Gasteiger partial charge < -0.3 is 9.64 Å². The highest BCUT2D eigenvalue weighted by Crippen LogP contribution is 2.25. The van der Waals surface area contributed by atoms with E-state index in [9.17, 15) is 9.59 Å². The molecule has 6 nitrogen and oxygen atoms in total. The number of benzene rings is 1. The molecule has 2 aromatic rings. The van der Waals surface area contributed by atoms with Gasteiger partial charge in [-0.25, -0.2) is 4.68 Å². The SMILES string of the molecule is COc1cccc([C@H](C)CC(=O)N2CCc3nn(C)c(=O)cc3C2)c1. The maximum absolute atomic E-state index is 12.7. The zero-order valence-electron chi connectivity index (χ0n) is 14.9. The molecule has 1 aliphatic rings. The lowest BCUT2D eigenvalue weighted by molar-refractivity contribution is -0.132. The zero-order valence-corrected chi connectivity index (χ0v) is 14.9. The first-order valence-corrected chi connectivity index (χ1v) is 8.45. The van der Waals surface area contributed by atoms with Crippen molar-refractivity contribution in [3.8, 4) is 5.75 Å². The number of fused-ring (bicyclic) bond motifs is 1. The van der Waals surface area contributed by atoms with Crippen LogP contribution in [0.5, 0.6) is 5.75 Å². The van der Waals surface area contributed by atoms with Gasteiger partial charge in [0.15, 0.2) is 0 Å². The summed E-state index contributed by atoms with van der Waals surface area (Å²) in [6, 6.07) is 9.41. The molecular formula is C19H23N3O3. The maximum atomic E-state index is 12.7. The molecule has 1 aromatic carbocycles. The van der Waals surface area contributed by atoms with Crippen LogP contribution in [0.1, 0.15) is 36.1 Å². The molecule has 1 aromatic heterocycles. The molecule has 3 rings (SSSR count). The van der Waals surface area contributed by atoms with Crippen molar-refractivity contribution in [2.24, 2.45) is 7.05 Å². The summed E-state index contributed by atoms with van der Waals surface area (Å²) < 4.78 is 6.60. The molecule has 0 radical (unpaired) electrons. The molecule has 1 atom stereocenters. The third-order valence-electron chi connectivity index (χ3n) is 4.73. The Hall–Kier alpha value is -2.63. The predicted octanol–water partition coefficient (Wildman–Crippen LogP) is 1.87. The lowest BCUT2D eigenvalue weighted by Gasteiger charge is -2.29. The maximum Gasteiger partial charge on any atom is 0.266 e. The number of nitrogens with zero attached hydrogens (tertiary/aromatic N) is 3. The first-order chi connectivity index (χ1) is 12.0. The monoisotopic (exact) mass is 341 g/mol. The quantitative estimate of drug-likeness (QED) is 0.852. The number of methoxy groups -OCH3 is 1. The highest BCUT2D eigenvalue weighted by Gasteiger charge is 2.24. The van der Waals surface area contributed by atoms with Crippen molar-refractivity contribution >= 4 is 5.91 Å². The number of hydrogen-bond acceptors (Lipinski definition) is 4. The van der Waals surface area contributed by atoms with Crippen molar-refractivity contribution < 1.29 is 9.53 Å². The largest absolute Gasteiger partial charge is 0.497 e. The number of hydrogen-bond donors (Lipinski definition) is 0. The molecule has 6 heteroatoms. The van der Waals surface area contributed by atoms with Gasteiger partial charge in [0.1, 0.15) is 5.75 Å². The van der Waals surface area contributed by atoms with Gasteiger partial charge in [0.2, 0.25) is 5.91 Å². The fraction of sp³-hybridized carbons (Fsp3) is 0.421. The Morgan fingerprint density at radius 3 is 2.92 bits per heavy atom. The van der Waals surface area contributed by atoms with E-state index in [0.29, 0.717) is 25.9 Å². The van der Waals surface area contributed by atoms with Crippen LogP contribution in [0.2, 0.25) is 0 Å². The summed E-state index contributed by atoms with van der Waals surface area (Å²) >= 11 is 0. The van der Waals surface area contributed by atoms with Gasteiger partial charge in [-0.1, -0.05) is 19.1 Å². The number of ether oxygens (including phenoxy) is 1. The standard InChI is InChI=1S/C19H23N3O3/c1-13(14-5-4-6-16(10-14)25-3)9-19(24)22-8-7-17-15(12-22)11-18(23)21(2)20-17/h4-6,10-11,13H,7-9,12H2,1-3H3/t13-/m1/s1. The second-order valence-electron chi connectivity index (χ2n) is 6.53. The number of aryl methyl sites for hydroxylation is 1. The van der Waals surface area contributed by atoms with E-state index in [0.717, 1.165) is 22.6 Å². The van der Waals surface area contributed by atoms with Crippen molar-refractivity contribution in [3.05, 3.63) is 57.5 Å². The average molecular weight is 341 g/mol. The first-order valence-electron chi connectivity index (χ1n) is 8.45. The van der Waals surface area contributed by atoms with Crippen LogP contribution in [-0.2, 0) is 24.8 Å². The second kappa shape index (κ2) is 7.09. The van der Waals surface area contributed by atoms with E-state index in [1.807, 2.05) is 36.1 Å². The average Bonchev–Trinajstić information content (AvgIpc) is 2.62. The van der Waals surface area contributed by atoms with E-state index in [-0.39, 0.29) is 17.4 Å². The van der Waals surface area contributed by atoms with Crippen LogP contribution in [-0.4, -0.2) is 34.2 Å². The van der Waals surface area contributed by atoms with Gasteiger partial charge in [-0.2, -0.15) is 5.10 Å². The Labute approximate surface area is 147 Å². The highest BCUT2D eigenvalue weighted by atomic mass is 16.5. The van der Waals surface area contributed by atoms with Gasteiger partial charge in [-0.05, 0) is 23.6 Å². The third kappa shape index (κ3) is 3.73. The van der Waals surface area contributed by atoms with Crippen LogP contribution in [0.15, 0.2) is 35.1 Å². The van der Waals surface area contributed by atoms with Crippen LogP contribution in [0, 0.1) is 0 Å². The fourth-order valence-corrected chi connectivity index (χ4v) is 3.16. The molecule has 25 heavy (non-hydrogen) atoms. The summed E-state index contributed by atoms with van der Waals surface area (Å²) in [6.45, 7) is 3.14. The molecule has 132 valence electrons. The van der Waals surface area contributed by atoms with E-state index in [2.05, 4.69) is 5.10 Å². The topological polar surface area (TPSA) is 64.4 Å². The lowest BCUT2D eigenvalue weighted by atomic mass is 9.96. The van der Waals surface area contributed by atoms with Crippen LogP contribution >= 0.6 is 0 Å². The van der Waals surface area contributed by atoms with E-state index in [1.165, 1.54) is 4.68 Å². The number of rotatable bonds is 4. The van der Waals surface area contributed by atoms with Crippen LogP contribution in [0.4, 0.5) is 0 Å². The summed E-state index contributed by atoms with van der Waals surface area (Å²) in [4.78, 5) is 26.3. The van der Waals surface area contributed by atoms with Crippen LogP contribution < -0.4 is 10.3 Å². The van der Waals surface area contributed by atoms with E-state index in [1.54, 1.807) is 20.2 Å². The molecule has 0 unspecified atom stereocenters. The van der Waals surface area contributed by atoms with Gasteiger partial charge in [-0.15, -0.1) is 0 Å². The molecule has 0 fully saturated rings. The number of carbonyl (C=O) groups is 1. The second-order valence-corrected chi connectivity index (χ2v) is 6.53. The van der Waals surface area contributed by atoms with E-state index < -0.39 is 0 Å². The molecule has 0 saturated heterocycles. The van der Waals surface area contributed by atoms with Gasteiger partial charge in [0.25, 0.3) is 5.56 Å². The summed E-state index contributed by atoms with van der Waals surface area (Å²) in [5, 5.41) is 4.29. The Kier molecular flexibility index (Phi) is 4.88. The van der Waals surface area contributed by atoms with Crippen molar-refractivity contribution in [1.29, 1.82) is 0 Å². The van der Waals surface area contributed by atoms with Crippen molar-refractivity contribution in [2.75, 3.05) is 13.7 Å². The molecule has 1 aliphatic heterocycles. The van der Waals surface area contributed by atoms with Crippen molar-refractivity contribution in [3.63, 3.8) is 0 Å². The molecule has 0 aliphatic carbocycles. The van der Waals surface area contributed by atoms with Gasteiger partial charge in [0, 0.05) is 44.6 Å². The van der Waals surface area contributed by atoms with Gasteiger partial charge >= 0.3 is 0 Å². The van der Waals surface area contributed by atoms with Crippen molar-refractivity contribution in [1.82, 2.24) is 14.7 Å². The minimum Gasteiger partial charge on any atom is -0.497 e. The molecule has 0 bridgehead atoms. The minimum atomic E-state index is -0.141. The number of aromatic nitrogens is 2. The summed E-state index contributed by atoms with van der Waals surface area (Å²) in [7, 11) is 3.29. The summed E-state index contributed by atoms with van der Waals surface area (Å²) in [6.07, 6.45) is 1.11. The Morgan fingerprint density at radius 1 is 1.36 bits per heavy atom. The highest BCUT2D eigenvalue weighted by molar-refractivity contribution is 5.77. The normalized spacial score (nSPS) is 14.8. The van der Waals surface area contributed by atoms with Crippen LogP contribution in [0.25, 0.3) is 0 Å². The predicted molar refractivity (Wildman–Crippen MR) is 94.6 cm³/mol. The molecule has 0 saturated carbocycles. The molecule has 2 heterocycles. The van der Waals surface area contributed by atoms with Crippen LogP contribution in [0.3, 0.4) is 0 Å². The van der Waals surface area contributed by atoms with Crippen molar-refractivity contribution in [2.45, 2.75) is 32.2 Å². The minimum absolute atomic E-state index is 0.0987. The lowest BCUT2D eigenvalue weighted by Crippen LogP contribution is -2.38. The Balaban J connectivity index is 1.69. The third-order valence-corrected chi connectivity index (χ3v) is 4.73. The zero-order chi connectivity index (χ0) is 18.0. The molecule has 0 N–H and O–H groups in total. The molecular weight excluding hydrogens is 318 g/mol. The molecule has 1 amide bonds. The number of carbonyl (C=O) groups excluding carboxylic acids is 1. The van der Waals surface area contributed by atoms with Gasteiger partial charge in [-0.3, -0.25) is 9.59 Å². The van der Waals surface area contributed by atoms with Gasteiger partial charge in [0.05, 0.1) is 12.8 Å². The Morgan fingerprint density at radius 2 is 2.16 bits per heavy atom.